The van der Waals surface area contributed by atoms with Crippen molar-refractivity contribution in [3.8, 4) is 5.75 Å². The largest absolute Gasteiger partial charge is 0.493 e. The molecule has 1 aromatic rings. The van der Waals surface area contributed by atoms with Crippen LogP contribution in [-0.2, 0) is 4.79 Å². The molecule has 0 radical (unpaired) electrons. The lowest BCUT2D eigenvalue weighted by Crippen LogP contribution is -2.45. The molecule has 1 aromatic carbocycles. The second-order valence-corrected chi connectivity index (χ2v) is 6.09. The van der Waals surface area contributed by atoms with E-state index in [0.29, 0.717) is 12.5 Å². The number of hydrogen-bond acceptors (Lipinski definition) is 3. The van der Waals surface area contributed by atoms with Crippen molar-refractivity contribution >= 4 is 5.91 Å². The molecule has 1 amide bonds. The van der Waals surface area contributed by atoms with E-state index in [9.17, 15) is 4.79 Å². The molecule has 1 aliphatic rings. The van der Waals surface area contributed by atoms with Gasteiger partial charge in [0.15, 0.2) is 0 Å². The van der Waals surface area contributed by atoms with Crippen molar-refractivity contribution in [3.63, 3.8) is 0 Å². The third-order valence-electron chi connectivity index (χ3n) is 3.82. The molecular weight excluding hydrogens is 264 g/mol. The van der Waals surface area contributed by atoms with Gasteiger partial charge in [0.25, 0.3) is 0 Å². The van der Waals surface area contributed by atoms with Gasteiger partial charge < -0.3 is 10.1 Å². The summed E-state index contributed by atoms with van der Waals surface area (Å²) in [5.41, 5.74) is 1.14. The summed E-state index contributed by atoms with van der Waals surface area (Å²) >= 11 is 0. The molecule has 4 nitrogen and oxygen atoms in total. The van der Waals surface area contributed by atoms with E-state index in [4.69, 9.17) is 4.74 Å². The number of hydrogen-bond donors (Lipinski definition) is 2. The first-order valence-electron chi connectivity index (χ1n) is 7.83. The van der Waals surface area contributed by atoms with E-state index >= 15 is 0 Å². The van der Waals surface area contributed by atoms with Crippen LogP contribution in [0.25, 0.3) is 0 Å². The molecular formula is C17H26N2O2. The third kappa shape index (κ3) is 4.46. The molecule has 1 aliphatic heterocycles. The maximum Gasteiger partial charge on any atom is 0.236 e. The summed E-state index contributed by atoms with van der Waals surface area (Å²) in [5.74, 6) is 1.60. The van der Waals surface area contributed by atoms with Crippen LogP contribution in [-0.4, -0.2) is 25.1 Å². The Bertz CT molecular complexity index is 474. The quantitative estimate of drug-likeness (QED) is 0.847. The van der Waals surface area contributed by atoms with Gasteiger partial charge in [-0.15, -0.1) is 0 Å². The number of benzene rings is 1. The Hall–Kier alpha value is -1.55. The first-order valence-corrected chi connectivity index (χ1v) is 7.83. The van der Waals surface area contributed by atoms with Gasteiger partial charge in [-0.05, 0) is 25.3 Å². The maximum absolute atomic E-state index is 12.1. The Balaban J connectivity index is 1.88. The molecule has 0 spiro atoms. The van der Waals surface area contributed by atoms with Crippen molar-refractivity contribution in [2.75, 3.05) is 13.2 Å². The number of amides is 1. The monoisotopic (exact) mass is 290 g/mol. The highest BCUT2D eigenvalue weighted by molar-refractivity contribution is 5.81. The predicted octanol–water partition coefficient (Wildman–Crippen LogP) is 2.65. The Morgan fingerprint density at radius 1 is 1.33 bits per heavy atom. The molecule has 4 heteroatoms. The lowest BCUT2D eigenvalue weighted by molar-refractivity contribution is -0.123. The zero-order chi connectivity index (χ0) is 15.2. The number of carbonyl (C=O) groups excluding carboxylic acids is 1. The van der Waals surface area contributed by atoms with Crippen LogP contribution in [0.2, 0.25) is 0 Å². The van der Waals surface area contributed by atoms with Crippen molar-refractivity contribution in [1.82, 2.24) is 10.6 Å². The van der Waals surface area contributed by atoms with E-state index in [1.54, 1.807) is 0 Å². The van der Waals surface area contributed by atoms with Crippen molar-refractivity contribution in [2.45, 2.75) is 45.7 Å². The van der Waals surface area contributed by atoms with Crippen molar-refractivity contribution < 1.29 is 9.53 Å². The molecule has 2 atom stereocenters. The molecule has 21 heavy (non-hydrogen) atoms. The van der Waals surface area contributed by atoms with Gasteiger partial charge in [-0.25, -0.2) is 0 Å². The molecule has 0 saturated heterocycles. The number of para-hydroxylation sites is 1. The van der Waals surface area contributed by atoms with E-state index < -0.39 is 0 Å². The summed E-state index contributed by atoms with van der Waals surface area (Å²) in [4.78, 5) is 12.1. The third-order valence-corrected chi connectivity index (χ3v) is 3.82. The maximum atomic E-state index is 12.1. The molecule has 0 fully saturated rings. The van der Waals surface area contributed by atoms with Crippen LogP contribution < -0.4 is 15.4 Å². The number of ether oxygens (including phenoxy) is 1. The second-order valence-electron chi connectivity index (χ2n) is 6.09. The fourth-order valence-corrected chi connectivity index (χ4v) is 2.53. The fraction of sp³-hybridized carbons (Fsp3) is 0.588. The highest BCUT2D eigenvalue weighted by Gasteiger charge is 2.24. The highest BCUT2D eigenvalue weighted by atomic mass is 16.5. The Labute approximate surface area is 127 Å². The van der Waals surface area contributed by atoms with Gasteiger partial charge in [-0.3, -0.25) is 10.1 Å². The smallest absolute Gasteiger partial charge is 0.236 e. The average molecular weight is 290 g/mol. The van der Waals surface area contributed by atoms with Gasteiger partial charge in [-0.1, -0.05) is 32.0 Å². The first kappa shape index (κ1) is 15.8. The van der Waals surface area contributed by atoms with Crippen LogP contribution in [0.1, 0.15) is 45.2 Å². The van der Waals surface area contributed by atoms with Crippen LogP contribution in [0.3, 0.4) is 0 Å². The normalized spacial score (nSPS) is 18.8. The summed E-state index contributed by atoms with van der Waals surface area (Å²) < 4.78 is 5.65. The SMILES string of the molecule is CC(C)CCNC(=O)C(C)NC1CCOc2ccccc21. The zero-order valence-electron chi connectivity index (χ0n) is 13.2. The van der Waals surface area contributed by atoms with E-state index in [2.05, 4.69) is 30.5 Å². The van der Waals surface area contributed by atoms with E-state index in [1.165, 1.54) is 0 Å². The van der Waals surface area contributed by atoms with Gasteiger partial charge in [0.1, 0.15) is 5.75 Å². The van der Waals surface area contributed by atoms with Crippen LogP contribution in [0, 0.1) is 5.92 Å². The van der Waals surface area contributed by atoms with Crippen molar-refractivity contribution in [2.24, 2.45) is 5.92 Å². The summed E-state index contributed by atoms with van der Waals surface area (Å²) in [5, 5.41) is 6.42. The van der Waals surface area contributed by atoms with Crippen LogP contribution in [0.4, 0.5) is 0 Å². The summed E-state index contributed by atoms with van der Waals surface area (Å²) in [6.07, 6.45) is 1.90. The minimum atomic E-state index is -0.201. The average Bonchev–Trinajstić information content (AvgIpc) is 2.47. The molecule has 0 aromatic heterocycles. The first-order chi connectivity index (χ1) is 10.1. The molecule has 2 rings (SSSR count). The van der Waals surface area contributed by atoms with Gasteiger partial charge in [0.05, 0.1) is 12.6 Å². The number of fused-ring (bicyclic) bond motifs is 1. The molecule has 2 unspecified atom stereocenters. The molecule has 1 heterocycles. The van der Waals surface area contributed by atoms with Gasteiger partial charge in [0.2, 0.25) is 5.91 Å². The van der Waals surface area contributed by atoms with Gasteiger partial charge in [0, 0.05) is 24.6 Å². The highest BCUT2D eigenvalue weighted by Crippen LogP contribution is 2.31. The number of rotatable bonds is 6. The number of carbonyl (C=O) groups is 1. The lowest BCUT2D eigenvalue weighted by atomic mass is 9.99. The van der Waals surface area contributed by atoms with E-state index in [0.717, 1.165) is 30.7 Å². The summed E-state index contributed by atoms with van der Waals surface area (Å²) in [6, 6.07) is 8.01. The topological polar surface area (TPSA) is 50.4 Å². The molecule has 0 aliphatic carbocycles. The van der Waals surface area contributed by atoms with Crippen LogP contribution in [0.15, 0.2) is 24.3 Å². The second kappa shape index (κ2) is 7.46. The molecule has 2 N–H and O–H groups in total. The molecule has 0 saturated carbocycles. The van der Waals surface area contributed by atoms with Crippen LogP contribution >= 0.6 is 0 Å². The van der Waals surface area contributed by atoms with Gasteiger partial charge >= 0.3 is 0 Å². The van der Waals surface area contributed by atoms with E-state index in [1.807, 2.05) is 25.1 Å². The van der Waals surface area contributed by atoms with Crippen molar-refractivity contribution in [1.29, 1.82) is 0 Å². The Morgan fingerprint density at radius 3 is 2.86 bits per heavy atom. The zero-order valence-corrected chi connectivity index (χ0v) is 13.2. The minimum Gasteiger partial charge on any atom is -0.493 e. The summed E-state index contributed by atoms with van der Waals surface area (Å²) in [6.45, 7) is 7.67. The standard InChI is InChI=1S/C17H26N2O2/c1-12(2)8-10-18-17(20)13(3)19-15-9-11-21-16-7-5-4-6-14(15)16/h4-7,12-13,15,19H,8-11H2,1-3H3,(H,18,20). The molecule has 116 valence electrons. The Kier molecular flexibility index (Phi) is 5.62. The van der Waals surface area contributed by atoms with Gasteiger partial charge in [-0.2, -0.15) is 0 Å². The lowest BCUT2D eigenvalue weighted by Gasteiger charge is -2.29. The van der Waals surface area contributed by atoms with Crippen molar-refractivity contribution in [3.05, 3.63) is 29.8 Å². The van der Waals surface area contributed by atoms with E-state index in [-0.39, 0.29) is 18.0 Å². The minimum absolute atomic E-state index is 0.0691. The molecule has 0 bridgehead atoms. The Morgan fingerprint density at radius 2 is 2.10 bits per heavy atom. The van der Waals surface area contributed by atoms with Crippen LogP contribution in [0.5, 0.6) is 5.75 Å². The number of nitrogens with one attached hydrogen (secondary N) is 2. The summed E-state index contributed by atoms with van der Waals surface area (Å²) in [7, 11) is 0. The predicted molar refractivity (Wildman–Crippen MR) is 84.4 cm³/mol. The fourth-order valence-electron chi connectivity index (χ4n) is 2.53.